The Labute approximate surface area is 128 Å². The van der Waals surface area contributed by atoms with Crippen molar-refractivity contribution in [2.24, 2.45) is 0 Å². The van der Waals surface area contributed by atoms with Gasteiger partial charge in [-0.3, -0.25) is 0 Å². The van der Waals surface area contributed by atoms with Crippen molar-refractivity contribution in [2.45, 2.75) is 31.3 Å². The van der Waals surface area contributed by atoms with Gasteiger partial charge in [0.15, 0.2) is 0 Å². The third-order valence-corrected chi connectivity index (χ3v) is 5.13. The summed E-state index contributed by atoms with van der Waals surface area (Å²) in [6.07, 6.45) is 2.40. The van der Waals surface area contributed by atoms with E-state index >= 15 is 0 Å². The van der Waals surface area contributed by atoms with Crippen LogP contribution in [0.3, 0.4) is 0 Å². The molecule has 0 saturated heterocycles. The summed E-state index contributed by atoms with van der Waals surface area (Å²) >= 11 is 7.59. The maximum atomic E-state index is 5.93. The molecule has 2 aromatic rings. The Balaban J connectivity index is 1.48. The lowest BCUT2D eigenvalue weighted by Crippen LogP contribution is -2.39. The second-order valence-electron chi connectivity index (χ2n) is 5.23. The van der Waals surface area contributed by atoms with Crippen LogP contribution in [0.25, 0.3) is 0 Å². The first kappa shape index (κ1) is 13.9. The quantitative estimate of drug-likeness (QED) is 0.881. The van der Waals surface area contributed by atoms with Crippen LogP contribution in [0, 0.1) is 0 Å². The Hall–Kier alpha value is -1.03. The average molecular weight is 308 g/mol. The summed E-state index contributed by atoms with van der Waals surface area (Å²) in [5, 5.41) is 3.60. The number of ether oxygens (including phenoxy) is 1. The van der Waals surface area contributed by atoms with Crippen LogP contribution < -0.4 is 10.1 Å². The Morgan fingerprint density at radius 3 is 2.85 bits per heavy atom. The van der Waals surface area contributed by atoms with Crippen LogP contribution in [0.2, 0.25) is 4.34 Å². The summed E-state index contributed by atoms with van der Waals surface area (Å²) in [7, 11) is 1.72. The molecule has 0 amide bonds. The van der Waals surface area contributed by atoms with Gasteiger partial charge in [0.05, 0.1) is 11.4 Å². The molecule has 0 bridgehead atoms. The van der Waals surface area contributed by atoms with Crippen molar-refractivity contribution in [3.8, 4) is 5.75 Å². The van der Waals surface area contributed by atoms with E-state index < -0.39 is 0 Å². The summed E-state index contributed by atoms with van der Waals surface area (Å²) < 4.78 is 6.15. The molecule has 0 spiro atoms. The van der Waals surface area contributed by atoms with Gasteiger partial charge in [-0.25, -0.2) is 0 Å². The summed E-state index contributed by atoms with van der Waals surface area (Å²) in [6.45, 7) is 0.923. The highest BCUT2D eigenvalue weighted by Crippen LogP contribution is 2.38. The number of nitrogens with one attached hydrogen (secondary N) is 1. The maximum Gasteiger partial charge on any atom is 0.119 e. The molecule has 0 aliphatic heterocycles. The minimum atomic E-state index is 0.618. The molecule has 1 aromatic heterocycles. The van der Waals surface area contributed by atoms with E-state index in [4.69, 9.17) is 16.3 Å². The summed E-state index contributed by atoms with van der Waals surface area (Å²) in [6, 6.07) is 13.1. The highest BCUT2D eigenvalue weighted by atomic mass is 35.5. The standard InChI is InChI=1S/C16H18ClNOS/c1-19-14-4-2-3-11(9-14)12-7-13(8-12)18-10-15-5-6-16(17)20-15/h2-6,9,12-13,18H,7-8,10H2,1H3. The van der Waals surface area contributed by atoms with Crippen molar-refractivity contribution < 1.29 is 4.74 Å². The first-order valence-electron chi connectivity index (χ1n) is 6.86. The number of thiophene rings is 1. The van der Waals surface area contributed by atoms with Gasteiger partial charge in [0.25, 0.3) is 0 Å². The van der Waals surface area contributed by atoms with Gasteiger partial charge >= 0.3 is 0 Å². The minimum Gasteiger partial charge on any atom is -0.497 e. The zero-order valence-electron chi connectivity index (χ0n) is 11.4. The van der Waals surface area contributed by atoms with E-state index in [1.165, 1.54) is 23.3 Å². The topological polar surface area (TPSA) is 21.3 Å². The highest BCUT2D eigenvalue weighted by molar-refractivity contribution is 7.16. The highest BCUT2D eigenvalue weighted by Gasteiger charge is 2.29. The van der Waals surface area contributed by atoms with Crippen LogP contribution in [0.4, 0.5) is 0 Å². The normalized spacial score (nSPS) is 21.5. The van der Waals surface area contributed by atoms with Crippen molar-refractivity contribution in [3.63, 3.8) is 0 Å². The molecule has 1 heterocycles. The zero-order valence-corrected chi connectivity index (χ0v) is 13.0. The van der Waals surface area contributed by atoms with Crippen LogP contribution in [0.5, 0.6) is 5.75 Å². The second-order valence-corrected chi connectivity index (χ2v) is 7.03. The van der Waals surface area contributed by atoms with Crippen molar-refractivity contribution in [1.29, 1.82) is 0 Å². The number of halogens is 1. The Bertz CT molecular complexity index is 577. The van der Waals surface area contributed by atoms with Crippen LogP contribution >= 0.6 is 22.9 Å². The van der Waals surface area contributed by atoms with E-state index in [0.29, 0.717) is 12.0 Å². The molecule has 1 N–H and O–H groups in total. The second kappa shape index (κ2) is 6.17. The molecule has 1 fully saturated rings. The number of benzene rings is 1. The third kappa shape index (κ3) is 3.17. The number of hydrogen-bond donors (Lipinski definition) is 1. The van der Waals surface area contributed by atoms with Gasteiger partial charge in [-0.15, -0.1) is 11.3 Å². The number of hydrogen-bond acceptors (Lipinski definition) is 3. The van der Waals surface area contributed by atoms with Crippen molar-refractivity contribution >= 4 is 22.9 Å². The average Bonchev–Trinajstić information content (AvgIpc) is 2.83. The largest absolute Gasteiger partial charge is 0.497 e. The predicted octanol–water partition coefficient (Wildman–Crippen LogP) is 4.45. The van der Waals surface area contributed by atoms with E-state index in [1.54, 1.807) is 18.4 Å². The van der Waals surface area contributed by atoms with Gasteiger partial charge in [-0.05, 0) is 48.6 Å². The van der Waals surface area contributed by atoms with Gasteiger partial charge < -0.3 is 10.1 Å². The molecule has 106 valence electrons. The minimum absolute atomic E-state index is 0.618. The fourth-order valence-corrected chi connectivity index (χ4v) is 3.68. The molecule has 4 heteroatoms. The van der Waals surface area contributed by atoms with Gasteiger partial charge in [0.2, 0.25) is 0 Å². The van der Waals surface area contributed by atoms with Crippen LogP contribution in [-0.4, -0.2) is 13.2 Å². The van der Waals surface area contributed by atoms with Crippen LogP contribution in [0.1, 0.15) is 29.2 Å². The van der Waals surface area contributed by atoms with E-state index in [9.17, 15) is 0 Å². The van der Waals surface area contributed by atoms with Gasteiger partial charge in [-0.2, -0.15) is 0 Å². The fraction of sp³-hybridized carbons (Fsp3) is 0.375. The van der Waals surface area contributed by atoms with E-state index in [-0.39, 0.29) is 0 Å². The molecule has 1 aliphatic carbocycles. The van der Waals surface area contributed by atoms with E-state index in [1.807, 2.05) is 12.1 Å². The van der Waals surface area contributed by atoms with E-state index in [2.05, 4.69) is 29.6 Å². The zero-order chi connectivity index (χ0) is 13.9. The molecule has 20 heavy (non-hydrogen) atoms. The van der Waals surface area contributed by atoms with Gasteiger partial charge in [-0.1, -0.05) is 23.7 Å². The molecule has 0 radical (unpaired) electrons. The fourth-order valence-electron chi connectivity index (χ4n) is 2.64. The summed E-state index contributed by atoms with van der Waals surface area (Å²) in [4.78, 5) is 1.31. The Morgan fingerprint density at radius 2 is 2.15 bits per heavy atom. The first-order valence-corrected chi connectivity index (χ1v) is 8.05. The third-order valence-electron chi connectivity index (χ3n) is 3.90. The lowest BCUT2D eigenvalue weighted by atomic mass is 9.76. The lowest BCUT2D eigenvalue weighted by molar-refractivity contribution is 0.289. The van der Waals surface area contributed by atoms with Crippen molar-refractivity contribution in [2.75, 3.05) is 7.11 Å². The smallest absolute Gasteiger partial charge is 0.119 e. The molecule has 1 aliphatic rings. The summed E-state index contributed by atoms with van der Waals surface area (Å²) in [5.74, 6) is 1.61. The Kier molecular flexibility index (Phi) is 4.29. The molecule has 0 unspecified atom stereocenters. The van der Waals surface area contributed by atoms with E-state index in [0.717, 1.165) is 16.6 Å². The number of methoxy groups -OCH3 is 1. The summed E-state index contributed by atoms with van der Waals surface area (Å²) in [5.41, 5.74) is 1.39. The molecule has 2 nitrogen and oxygen atoms in total. The Morgan fingerprint density at radius 1 is 1.30 bits per heavy atom. The monoisotopic (exact) mass is 307 g/mol. The van der Waals surface area contributed by atoms with Crippen LogP contribution in [0.15, 0.2) is 36.4 Å². The van der Waals surface area contributed by atoms with Gasteiger partial charge in [0, 0.05) is 17.5 Å². The molecule has 0 atom stereocenters. The van der Waals surface area contributed by atoms with Crippen LogP contribution in [-0.2, 0) is 6.54 Å². The maximum absolute atomic E-state index is 5.93. The van der Waals surface area contributed by atoms with Gasteiger partial charge in [0.1, 0.15) is 5.75 Å². The molecule has 1 saturated carbocycles. The lowest BCUT2D eigenvalue weighted by Gasteiger charge is -2.36. The first-order chi connectivity index (χ1) is 9.74. The number of rotatable bonds is 5. The molecular formula is C16H18ClNOS. The molecule has 1 aromatic carbocycles. The molecular weight excluding hydrogens is 290 g/mol. The van der Waals surface area contributed by atoms with Crippen molar-refractivity contribution in [3.05, 3.63) is 51.2 Å². The van der Waals surface area contributed by atoms with Crippen molar-refractivity contribution in [1.82, 2.24) is 5.32 Å². The SMILES string of the molecule is COc1cccc(C2CC(NCc3ccc(Cl)s3)C2)c1. The molecule has 3 rings (SSSR count). The predicted molar refractivity (Wildman–Crippen MR) is 84.9 cm³/mol.